The predicted molar refractivity (Wildman–Crippen MR) is 172 cm³/mol. The maximum Gasteiger partial charge on any atom is 0.488 e. The van der Waals surface area contributed by atoms with Crippen molar-refractivity contribution >= 4 is 54.8 Å². The van der Waals surface area contributed by atoms with Gasteiger partial charge in [-0.1, -0.05) is 58.2 Å². The Bertz CT molecular complexity index is 1140. The van der Waals surface area contributed by atoms with Gasteiger partial charge in [0.1, 0.15) is 17.2 Å². The summed E-state index contributed by atoms with van der Waals surface area (Å²) in [6.45, 7) is 7.27. The van der Waals surface area contributed by atoms with Gasteiger partial charge in [0.2, 0.25) is 0 Å². The monoisotopic (exact) mass is 593 g/mol. The van der Waals surface area contributed by atoms with Crippen LogP contribution in [0.5, 0.6) is 17.2 Å². The molecule has 0 radical (unpaired) electrons. The smallest absolute Gasteiger partial charge is 0.488 e. The molecule has 0 aliphatic rings. The zero-order valence-corrected chi connectivity index (χ0v) is 25.1. The third kappa shape index (κ3) is 9.40. The first-order valence-corrected chi connectivity index (χ1v) is 14.9. The summed E-state index contributed by atoms with van der Waals surface area (Å²) >= 11 is 0. The van der Waals surface area contributed by atoms with Crippen LogP contribution >= 0.6 is 0 Å². The molecular formula is C30H42B3NO9. The molecule has 0 aliphatic carbocycles. The van der Waals surface area contributed by atoms with Crippen molar-refractivity contribution in [2.75, 3.05) is 24.7 Å². The second-order valence-electron chi connectivity index (χ2n) is 10.2. The number of rotatable bonds is 18. The lowest BCUT2D eigenvalue weighted by molar-refractivity contribution is 0.306. The van der Waals surface area contributed by atoms with Gasteiger partial charge < -0.3 is 44.4 Å². The number of hydrogen-bond donors (Lipinski definition) is 6. The lowest BCUT2D eigenvalue weighted by atomic mass is 9.79. The molecule has 0 bridgehead atoms. The van der Waals surface area contributed by atoms with Gasteiger partial charge in [-0.25, -0.2) is 0 Å². The number of nitrogens with zero attached hydrogens (tertiary/aromatic N) is 1. The van der Waals surface area contributed by atoms with Crippen LogP contribution in [0.4, 0.5) is 17.1 Å². The van der Waals surface area contributed by atoms with Crippen LogP contribution in [0, 0.1) is 0 Å². The molecule has 0 saturated carbocycles. The third-order valence-electron chi connectivity index (χ3n) is 6.84. The molecule has 43 heavy (non-hydrogen) atoms. The first-order valence-electron chi connectivity index (χ1n) is 14.9. The van der Waals surface area contributed by atoms with Crippen LogP contribution in [-0.4, -0.2) is 71.3 Å². The summed E-state index contributed by atoms with van der Waals surface area (Å²) in [5.41, 5.74) is 2.30. The number of hydrogen-bond acceptors (Lipinski definition) is 10. The highest BCUT2D eigenvalue weighted by Crippen LogP contribution is 2.46. The normalized spacial score (nSPS) is 10.8. The van der Waals surface area contributed by atoms with Crippen molar-refractivity contribution in [2.45, 2.75) is 59.3 Å². The minimum atomic E-state index is -1.72. The minimum absolute atomic E-state index is 0.242. The van der Waals surface area contributed by atoms with E-state index in [2.05, 4.69) is 0 Å². The molecule has 0 amide bonds. The van der Waals surface area contributed by atoms with E-state index >= 15 is 0 Å². The highest BCUT2D eigenvalue weighted by atomic mass is 16.5. The predicted octanol–water partition coefficient (Wildman–Crippen LogP) is 1.73. The number of benzene rings is 3. The van der Waals surface area contributed by atoms with Crippen molar-refractivity contribution in [3.63, 3.8) is 0 Å². The zero-order valence-electron chi connectivity index (χ0n) is 25.1. The molecule has 0 atom stereocenters. The molecule has 6 N–H and O–H groups in total. The van der Waals surface area contributed by atoms with Crippen molar-refractivity contribution in [1.82, 2.24) is 0 Å². The highest BCUT2D eigenvalue weighted by Gasteiger charge is 2.27. The number of unbranched alkanes of at least 4 members (excludes halogenated alkanes) is 3. The van der Waals surface area contributed by atoms with Crippen LogP contribution in [0.1, 0.15) is 59.3 Å². The van der Waals surface area contributed by atoms with Gasteiger partial charge in [0.25, 0.3) is 0 Å². The summed E-state index contributed by atoms with van der Waals surface area (Å²) in [7, 11) is -5.15. The van der Waals surface area contributed by atoms with Crippen LogP contribution in [0.2, 0.25) is 0 Å². The first-order chi connectivity index (χ1) is 20.7. The number of anilines is 3. The maximum absolute atomic E-state index is 9.93. The van der Waals surface area contributed by atoms with Crippen LogP contribution in [0.15, 0.2) is 54.6 Å². The second-order valence-corrected chi connectivity index (χ2v) is 10.2. The molecule has 0 unspecified atom stereocenters. The lowest BCUT2D eigenvalue weighted by Crippen LogP contribution is -2.31. The van der Waals surface area contributed by atoms with Crippen LogP contribution in [0.3, 0.4) is 0 Å². The van der Waals surface area contributed by atoms with Crippen molar-refractivity contribution in [1.29, 1.82) is 0 Å². The van der Waals surface area contributed by atoms with E-state index in [0.29, 0.717) is 54.1 Å². The quantitative estimate of drug-likeness (QED) is 0.0951. The molecule has 3 aromatic carbocycles. The SMILES string of the molecule is CCCCOc1cc(B(O)O)ccc1N(c1ccc(B(O)O)cc1OCCCC)c1ccc(B(O)O)cc1OCCCC. The molecule has 0 aromatic heterocycles. The van der Waals surface area contributed by atoms with E-state index in [1.54, 1.807) is 54.6 Å². The average molecular weight is 593 g/mol. The highest BCUT2D eigenvalue weighted by molar-refractivity contribution is 6.59. The Balaban J connectivity index is 2.34. The Hall–Kier alpha value is -3.19. The Morgan fingerprint density at radius 3 is 1.00 bits per heavy atom. The Labute approximate surface area is 254 Å². The van der Waals surface area contributed by atoms with E-state index in [1.807, 2.05) is 25.7 Å². The van der Waals surface area contributed by atoms with Crippen LogP contribution < -0.4 is 35.5 Å². The molecule has 0 spiro atoms. The summed E-state index contributed by atoms with van der Waals surface area (Å²) in [5, 5.41) is 59.6. The Morgan fingerprint density at radius 2 is 0.767 bits per heavy atom. The van der Waals surface area contributed by atoms with Crippen molar-refractivity contribution in [2.24, 2.45) is 0 Å². The van der Waals surface area contributed by atoms with Gasteiger partial charge in [0.05, 0.1) is 36.9 Å². The molecule has 13 heteroatoms. The zero-order chi connectivity index (χ0) is 31.4. The minimum Gasteiger partial charge on any atom is -0.491 e. The summed E-state index contributed by atoms with van der Waals surface area (Å²) in [6, 6.07) is 14.5. The van der Waals surface area contributed by atoms with Gasteiger partial charge in [-0.15, -0.1) is 0 Å². The van der Waals surface area contributed by atoms with Gasteiger partial charge in [0.15, 0.2) is 0 Å². The molecule has 10 nitrogen and oxygen atoms in total. The van der Waals surface area contributed by atoms with Crippen molar-refractivity contribution in [3.8, 4) is 17.2 Å². The van der Waals surface area contributed by atoms with Gasteiger partial charge in [-0.3, -0.25) is 4.90 Å². The molecule has 0 heterocycles. The molecule has 230 valence electrons. The van der Waals surface area contributed by atoms with E-state index in [9.17, 15) is 30.1 Å². The summed E-state index contributed by atoms with van der Waals surface area (Å²) in [6.07, 6.45) is 4.99. The maximum atomic E-state index is 9.93. The first kappa shape index (κ1) is 34.3. The lowest BCUT2D eigenvalue weighted by Gasteiger charge is -2.31. The molecular weight excluding hydrogens is 551 g/mol. The van der Waals surface area contributed by atoms with E-state index in [4.69, 9.17) is 14.2 Å². The molecule has 3 aromatic rings. The van der Waals surface area contributed by atoms with Crippen LogP contribution in [0.25, 0.3) is 0 Å². The third-order valence-corrected chi connectivity index (χ3v) is 6.84. The topological polar surface area (TPSA) is 152 Å². The van der Waals surface area contributed by atoms with Crippen molar-refractivity contribution in [3.05, 3.63) is 54.6 Å². The standard InChI is InChI=1S/C30H42B3NO9/c1-4-7-16-41-28-19-22(31(35)36)10-13-25(28)34(26-14-11-23(32(37)38)20-29(26)42-17-8-5-2)27-15-12-24(33(39)40)21-30(27)43-18-9-6-3/h10-15,19-21,35-40H,4-9,16-18H2,1-3H3. The molecule has 0 aliphatic heterocycles. The second kappa shape index (κ2) is 17.2. The van der Waals surface area contributed by atoms with Gasteiger partial charge in [-0.05, 0) is 72.0 Å². The van der Waals surface area contributed by atoms with E-state index in [0.717, 1.165) is 38.5 Å². The molecule has 0 fully saturated rings. The largest absolute Gasteiger partial charge is 0.491 e. The van der Waals surface area contributed by atoms with E-state index in [1.165, 1.54) is 0 Å². The van der Waals surface area contributed by atoms with E-state index < -0.39 is 21.4 Å². The van der Waals surface area contributed by atoms with Gasteiger partial charge in [-0.2, -0.15) is 0 Å². The Morgan fingerprint density at radius 1 is 0.488 bits per heavy atom. The van der Waals surface area contributed by atoms with E-state index in [-0.39, 0.29) is 16.4 Å². The fraction of sp³-hybridized carbons (Fsp3) is 0.400. The number of ether oxygens (including phenoxy) is 3. The summed E-state index contributed by atoms with van der Waals surface area (Å²) in [5.74, 6) is 1.11. The van der Waals surface area contributed by atoms with Crippen LogP contribution in [-0.2, 0) is 0 Å². The Kier molecular flexibility index (Phi) is 13.7. The fourth-order valence-electron chi connectivity index (χ4n) is 4.34. The average Bonchev–Trinajstić information content (AvgIpc) is 2.99. The van der Waals surface area contributed by atoms with Crippen molar-refractivity contribution < 1.29 is 44.4 Å². The van der Waals surface area contributed by atoms with Gasteiger partial charge >= 0.3 is 21.4 Å². The fourth-order valence-corrected chi connectivity index (χ4v) is 4.34. The molecule has 0 saturated heterocycles. The summed E-state index contributed by atoms with van der Waals surface area (Å²) in [4.78, 5) is 1.82. The summed E-state index contributed by atoms with van der Waals surface area (Å²) < 4.78 is 18.6. The van der Waals surface area contributed by atoms with Gasteiger partial charge in [0, 0.05) is 0 Å². The molecule has 3 rings (SSSR count).